The highest BCUT2D eigenvalue weighted by molar-refractivity contribution is 6.39. The Morgan fingerprint density at radius 1 is 1.07 bits per heavy atom. The molecule has 3 rings (SSSR count). The molecular weight excluding hydrogens is 399 g/mol. The summed E-state index contributed by atoms with van der Waals surface area (Å²) in [5, 5.41) is 4.91. The van der Waals surface area contributed by atoms with Gasteiger partial charge in [-0.25, -0.2) is 4.68 Å². The van der Waals surface area contributed by atoms with Crippen molar-refractivity contribution < 1.29 is 14.3 Å². The third-order valence-corrected chi connectivity index (χ3v) is 5.48. The first-order valence-electron chi connectivity index (χ1n) is 8.54. The fourth-order valence-corrected chi connectivity index (χ4v) is 3.27. The first-order valence-corrected chi connectivity index (χ1v) is 9.29. The van der Waals surface area contributed by atoms with Crippen LogP contribution in [0.15, 0.2) is 42.6 Å². The molecule has 0 unspecified atom stereocenters. The van der Waals surface area contributed by atoms with Gasteiger partial charge in [0.1, 0.15) is 5.56 Å². The number of ether oxygens (including phenoxy) is 1. The summed E-state index contributed by atoms with van der Waals surface area (Å²) in [5.41, 5.74) is 2.46. The quantitative estimate of drug-likeness (QED) is 0.539. The SMILES string of the molecule is Cc1cc(C(=O)c2cnn(C)c2OCC(=O)c2ccccc2)c(Cl)c(C)c1Cl. The van der Waals surface area contributed by atoms with E-state index in [0.29, 0.717) is 21.7 Å². The highest BCUT2D eigenvalue weighted by Gasteiger charge is 2.24. The molecule has 0 atom stereocenters. The number of carbonyl (C=O) groups excluding carboxylic acids is 2. The number of ketones is 2. The van der Waals surface area contributed by atoms with Crippen molar-refractivity contribution in [3.8, 4) is 5.88 Å². The average Bonchev–Trinajstić information content (AvgIpc) is 3.07. The van der Waals surface area contributed by atoms with E-state index < -0.39 is 0 Å². The molecule has 5 nitrogen and oxygen atoms in total. The molecule has 0 amide bonds. The number of hydrogen-bond acceptors (Lipinski definition) is 4. The Morgan fingerprint density at radius 2 is 1.75 bits per heavy atom. The summed E-state index contributed by atoms with van der Waals surface area (Å²) in [6.45, 7) is 3.35. The second-order valence-electron chi connectivity index (χ2n) is 6.39. The van der Waals surface area contributed by atoms with E-state index in [4.69, 9.17) is 27.9 Å². The molecule has 0 spiro atoms. The van der Waals surface area contributed by atoms with Crippen LogP contribution < -0.4 is 4.74 Å². The van der Waals surface area contributed by atoms with Gasteiger partial charge in [0.2, 0.25) is 11.7 Å². The molecule has 0 aliphatic rings. The number of Topliss-reactive ketones (excluding diaryl/α,β-unsaturated/α-hetero) is 1. The van der Waals surface area contributed by atoms with Gasteiger partial charge in [0.25, 0.3) is 0 Å². The van der Waals surface area contributed by atoms with Crippen molar-refractivity contribution in [2.45, 2.75) is 13.8 Å². The lowest BCUT2D eigenvalue weighted by molar-refractivity contribution is 0.0908. The Bertz CT molecular complexity index is 1060. The van der Waals surface area contributed by atoms with Gasteiger partial charge in [0.15, 0.2) is 12.4 Å². The zero-order valence-electron chi connectivity index (χ0n) is 15.6. The van der Waals surface area contributed by atoms with Gasteiger partial charge >= 0.3 is 0 Å². The zero-order valence-corrected chi connectivity index (χ0v) is 17.1. The molecule has 0 radical (unpaired) electrons. The van der Waals surface area contributed by atoms with Gasteiger partial charge < -0.3 is 4.74 Å². The van der Waals surface area contributed by atoms with E-state index in [1.165, 1.54) is 10.9 Å². The van der Waals surface area contributed by atoms with Gasteiger partial charge in [-0.2, -0.15) is 5.10 Å². The predicted octanol–water partition coefficient (Wildman–Crippen LogP) is 4.84. The highest BCUT2D eigenvalue weighted by Crippen LogP contribution is 2.33. The summed E-state index contributed by atoms with van der Waals surface area (Å²) in [6, 6.07) is 10.4. The van der Waals surface area contributed by atoms with E-state index in [-0.39, 0.29) is 34.6 Å². The molecule has 1 heterocycles. The second kappa shape index (κ2) is 8.17. The smallest absolute Gasteiger partial charge is 0.223 e. The van der Waals surface area contributed by atoms with Crippen LogP contribution in [0.25, 0.3) is 0 Å². The van der Waals surface area contributed by atoms with Crippen LogP contribution in [0.3, 0.4) is 0 Å². The first-order chi connectivity index (χ1) is 13.3. The normalized spacial score (nSPS) is 10.8. The number of aromatic nitrogens is 2. The number of rotatable bonds is 6. The van der Waals surface area contributed by atoms with Crippen molar-refractivity contribution in [2.75, 3.05) is 6.61 Å². The van der Waals surface area contributed by atoms with Gasteiger partial charge in [0, 0.05) is 23.2 Å². The molecule has 0 aliphatic carbocycles. The summed E-state index contributed by atoms with van der Waals surface area (Å²) in [4.78, 5) is 25.4. The molecule has 0 saturated heterocycles. The van der Waals surface area contributed by atoms with Gasteiger partial charge in [-0.05, 0) is 31.0 Å². The second-order valence-corrected chi connectivity index (χ2v) is 7.14. The molecular formula is C21H18Cl2N2O3. The maximum atomic E-state index is 13.1. The van der Waals surface area contributed by atoms with E-state index in [9.17, 15) is 9.59 Å². The monoisotopic (exact) mass is 416 g/mol. The molecule has 0 fully saturated rings. The van der Waals surface area contributed by atoms with Gasteiger partial charge in [0.05, 0.1) is 11.2 Å². The van der Waals surface area contributed by atoms with Crippen molar-refractivity contribution in [3.05, 3.63) is 80.5 Å². The van der Waals surface area contributed by atoms with Crippen LogP contribution in [-0.4, -0.2) is 28.0 Å². The van der Waals surface area contributed by atoms with Crippen molar-refractivity contribution in [1.29, 1.82) is 0 Å². The fourth-order valence-electron chi connectivity index (χ4n) is 2.84. The van der Waals surface area contributed by atoms with Crippen LogP contribution in [0.2, 0.25) is 10.0 Å². The average molecular weight is 417 g/mol. The van der Waals surface area contributed by atoms with Crippen LogP contribution in [-0.2, 0) is 7.05 Å². The van der Waals surface area contributed by atoms with E-state index >= 15 is 0 Å². The molecule has 0 aliphatic heterocycles. The minimum absolute atomic E-state index is 0.198. The molecule has 1 aromatic heterocycles. The lowest BCUT2D eigenvalue weighted by Gasteiger charge is -2.12. The molecule has 0 saturated carbocycles. The lowest BCUT2D eigenvalue weighted by atomic mass is 10.0. The van der Waals surface area contributed by atoms with Gasteiger partial charge in [-0.1, -0.05) is 53.5 Å². The predicted molar refractivity (Wildman–Crippen MR) is 109 cm³/mol. The Labute approximate surface area is 172 Å². The molecule has 3 aromatic rings. The molecule has 28 heavy (non-hydrogen) atoms. The van der Waals surface area contributed by atoms with E-state index in [1.807, 2.05) is 13.0 Å². The number of aryl methyl sites for hydroxylation is 2. The summed E-state index contributed by atoms with van der Waals surface area (Å²) < 4.78 is 7.06. The Morgan fingerprint density at radius 3 is 2.43 bits per heavy atom. The summed E-state index contributed by atoms with van der Waals surface area (Å²) >= 11 is 12.6. The number of carbonyl (C=O) groups is 2. The summed E-state index contributed by atoms with van der Waals surface area (Å²) in [7, 11) is 1.64. The zero-order chi connectivity index (χ0) is 20.4. The third-order valence-electron chi connectivity index (χ3n) is 4.41. The van der Waals surface area contributed by atoms with Crippen LogP contribution in [0.1, 0.15) is 37.4 Å². The van der Waals surface area contributed by atoms with E-state index in [0.717, 1.165) is 5.56 Å². The lowest BCUT2D eigenvalue weighted by Crippen LogP contribution is -2.15. The molecule has 7 heteroatoms. The van der Waals surface area contributed by atoms with E-state index in [1.54, 1.807) is 44.3 Å². The maximum Gasteiger partial charge on any atom is 0.223 e. The summed E-state index contributed by atoms with van der Waals surface area (Å²) in [5.74, 6) is -0.338. The van der Waals surface area contributed by atoms with Crippen molar-refractivity contribution >= 4 is 34.8 Å². The van der Waals surface area contributed by atoms with Crippen LogP contribution >= 0.6 is 23.2 Å². The molecule has 2 aromatic carbocycles. The van der Waals surface area contributed by atoms with Gasteiger partial charge in [-0.15, -0.1) is 0 Å². The van der Waals surface area contributed by atoms with Crippen molar-refractivity contribution in [3.63, 3.8) is 0 Å². The Balaban J connectivity index is 1.89. The maximum absolute atomic E-state index is 13.1. The topological polar surface area (TPSA) is 61.2 Å². The number of benzene rings is 2. The van der Waals surface area contributed by atoms with E-state index in [2.05, 4.69) is 5.10 Å². The first kappa shape index (κ1) is 20.1. The van der Waals surface area contributed by atoms with Crippen LogP contribution in [0, 0.1) is 13.8 Å². The highest BCUT2D eigenvalue weighted by atomic mass is 35.5. The van der Waals surface area contributed by atoms with Gasteiger partial charge in [-0.3, -0.25) is 9.59 Å². The molecule has 144 valence electrons. The minimum atomic E-state index is -0.344. The number of nitrogens with zero attached hydrogens (tertiary/aromatic N) is 2. The number of hydrogen-bond donors (Lipinski definition) is 0. The molecule has 0 N–H and O–H groups in total. The van der Waals surface area contributed by atoms with Crippen molar-refractivity contribution in [1.82, 2.24) is 9.78 Å². The standard InChI is InChI=1S/C21H18Cl2N2O3/c1-12-9-15(19(23)13(2)18(12)22)20(27)16-10-24-25(3)21(16)28-11-17(26)14-7-5-4-6-8-14/h4-10H,11H2,1-3H3. The van der Waals surface area contributed by atoms with Crippen molar-refractivity contribution in [2.24, 2.45) is 7.05 Å². The fraction of sp³-hybridized carbons (Fsp3) is 0.190. The third kappa shape index (κ3) is 3.81. The summed E-state index contributed by atoms with van der Waals surface area (Å²) in [6.07, 6.45) is 1.40. The Hall–Kier alpha value is -2.63. The molecule has 0 bridgehead atoms. The Kier molecular flexibility index (Phi) is 5.87. The minimum Gasteiger partial charge on any atom is -0.469 e. The largest absolute Gasteiger partial charge is 0.469 e. The number of halogens is 2. The van der Waals surface area contributed by atoms with Crippen LogP contribution in [0.5, 0.6) is 5.88 Å². The van der Waals surface area contributed by atoms with Crippen LogP contribution in [0.4, 0.5) is 0 Å².